The number of aromatic nitrogens is 2. The average molecular weight is 304 g/mol. The van der Waals surface area contributed by atoms with Crippen molar-refractivity contribution in [1.82, 2.24) is 9.97 Å². The number of rotatable bonds is 3. The minimum absolute atomic E-state index is 0.0208. The Morgan fingerprint density at radius 3 is 2.38 bits per heavy atom. The number of nitrogens with zero attached hydrogens (tertiary/aromatic N) is 2. The Morgan fingerprint density at radius 2 is 1.81 bits per heavy atom. The van der Waals surface area contributed by atoms with Crippen LogP contribution in [0, 0.1) is 0 Å². The maximum absolute atomic E-state index is 12.6. The van der Waals surface area contributed by atoms with E-state index in [4.69, 9.17) is 5.73 Å². The zero-order valence-corrected chi connectivity index (χ0v) is 11.6. The number of halogens is 3. The summed E-state index contributed by atoms with van der Waals surface area (Å²) in [7, 11) is 0. The van der Waals surface area contributed by atoms with Crippen LogP contribution in [0.1, 0.15) is 44.2 Å². The summed E-state index contributed by atoms with van der Waals surface area (Å²) in [6, 6.07) is 0.802. The second-order valence-electron chi connectivity index (χ2n) is 5.49. The van der Waals surface area contributed by atoms with E-state index in [1.54, 1.807) is 0 Å². The molecule has 8 heteroatoms. The van der Waals surface area contributed by atoms with Crippen molar-refractivity contribution in [2.45, 2.75) is 50.3 Å². The van der Waals surface area contributed by atoms with Gasteiger partial charge in [-0.1, -0.05) is 25.7 Å². The number of anilines is 2. The molecule has 1 aliphatic carbocycles. The molecule has 2 rings (SSSR count). The first-order valence-electron chi connectivity index (χ1n) is 6.97. The SMILES string of the molecule is Nc1nc(NCC2(O)CCCCCC2)cc(C(F)(F)F)n1. The van der Waals surface area contributed by atoms with Gasteiger partial charge in [0.1, 0.15) is 5.82 Å². The van der Waals surface area contributed by atoms with E-state index in [2.05, 4.69) is 15.3 Å². The number of nitrogens with one attached hydrogen (secondary N) is 1. The van der Waals surface area contributed by atoms with Crippen LogP contribution >= 0.6 is 0 Å². The minimum Gasteiger partial charge on any atom is -0.388 e. The van der Waals surface area contributed by atoms with Crippen molar-refractivity contribution in [3.63, 3.8) is 0 Å². The van der Waals surface area contributed by atoms with Crippen molar-refractivity contribution in [2.24, 2.45) is 0 Å². The Bertz CT molecular complexity index is 485. The van der Waals surface area contributed by atoms with Gasteiger partial charge in [-0.05, 0) is 12.8 Å². The van der Waals surface area contributed by atoms with Crippen LogP contribution in [0.15, 0.2) is 6.07 Å². The van der Waals surface area contributed by atoms with Gasteiger partial charge in [0.25, 0.3) is 0 Å². The van der Waals surface area contributed by atoms with E-state index >= 15 is 0 Å². The topological polar surface area (TPSA) is 84.1 Å². The highest BCUT2D eigenvalue weighted by Crippen LogP contribution is 2.30. The third-order valence-electron chi connectivity index (χ3n) is 3.67. The molecule has 0 radical (unpaired) electrons. The van der Waals surface area contributed by atoms with Crippen LogP contribution in [0.2, 0.25) is 0 Å². The van der Waals surface area contributed by atoms with Gasteiger partial charge in [0, 0.05) is 12.6 Å². The van der Waals surface area contributed by atoms with Gasteiger partial charge < -0.3 is 16.2 Å². The van der Waals surface area contributed by atoms with Gasteiger partial charge in [-0.2, -0.15) is 18.2 Å². The summed E-state index contributed by atoms with van der Waals surface area (Å²) in [5.74, 6) is -0.465. The summed E-state index contributed by atoms with van der Waals surface area (Å²) in [4.78, 5) is 6.90. The normalized spacial score (nSPS) is 19.0. The van der Waals surface area contributed by atoms with Gasteiger partial charge in [-0.15, -0.1) is 0 Å². The fraction of sp³-hybridized carbons (Fsp3) is 0.692. The van der Waals surface area contributed by atoms with Gasteiger partial charge in [0.05, 0.1) is 5.60 Å². The van der Waals surface area contributed by atoms with Crippen molar-refractivity contribution in [3.05, 3.63) is 11.8 Å². The predicted octanol–water partition coefficient (Wildman–Crippen LogP) is 2.57. The zero-order chi connectivity index (χ0) is 15.5. The number of nitrogen functional groups attached to an aromatic ring is 1. The Balaban J connectivity index is 2.07. The first-order chi connectivity index (χ1) is 9.78. The molecule has 0 spiro atoms. The molecule has 118 valence electrons. The van der Waals surface area contributed by atoms with E-state index in [9.17, 15) is 18.3 Å². The molecule has 21 heavy (non-hydrogen) atoms. The highest BCUT2D eigenvalue weighted by atomic mass is 19.4. The van der Waals surface area contributed by atoms with Crippen LogP contribution in [0.5, 0.6) is 0 Å². The number of alkyl halides is 3. The Labute approximate surface area is 120 Å². The van der Waals surface area contributed by atoms with E-state index in [0.29, 0.717) is 12.8 Å². The molecule has 0 unspecified atom stereocenters. The molecule has 0 aliphatic heterocycles. The fourth-order valence-corrected chi connectivity index (χ4v) is 2.52. The summed E-state index contributed by atoms with van der Waals surface area (Å²) >= 11 is 0. The van der Waals surface area contributed by atoms with Gasteiger partial charge in [-0.25, -0.2) is 4.98 Å². The quantitative estimate of drug-likeness (QED) is 0.747. The van der Waals surface area contributed by atoms with Crippen LogP contribution in [0.3, 0.4) is 0 Å². The smallest absolute Gasteiger partial charge is 0.388 e. The first-order valence-corrected chi connectivity index (χ1v) is 6.97. The Morgan fingerprint density at radius 1 is 1.19 bits per heavy atom. The molecule has 1 aromatic heterocycles. The molecule has 1 heterocycles. The lowest BCUT2D eigenvalue weighted by atomic mass is 9.94. The van der Waals surface area contributed by atoms with Crippen LogP contribution in [-0.4, -0.2) is 27.2 Å². The van der Waals surface area contributed by atoms with Gasteiger partial charge in [-0.3, -0.25) is 0 Å². The number of hydrogen-bond donors (Lipinski definition) is 3. The lowest BCUT2D eigenvalue weighted by Crippen LogP contribution is -2.36. The maximum atomic E-state index is 12.6. The van der Waals surface area contributed by atoms with Crippen LogP contribution in [-0.2, 0) is 6.18 Å². The molecule has 1 fully saturated rings. The number of aliphatic hydroxyl groups is 1. The molecule has 0 amide bonds. The molecule has 4 N–H and O–H groups in total. The molecule has 1 saturated carbocycles. The molecular weight excluding hydrogens is 285 g/mol. The predicted molar refractivity (Wildman–Crippen MR) is 72.6 cm³/mol. The summed E-state index contributed by atoms with van der Waals surface area (Å²) in [6.07, 6.45) is 0.657. The van der Waals surface area contributed by atoms with Crippen molar-refractivity contribution in [3.8, 4) is 0 Å². The minimum atomic E-state index is -4.58. The van der Waals surface area contributed by atoms with E-state index in [-0.39, 0.29) is 12.4 Å². The molecule has 0 bridgehead atoms. The fourth-order valence-electron chi connectivity index (χ4n) is 2.52. The van der Waals surface area contributed by atoms with Crippen LogP contribution in [0.25, 0.3) is 0 Å². The molecule has 0 aromatic carbocycles. The zero-order valence-electron chi connectivity index (χ0n) is 11.6. The van der Waals surface area contributed by atoms with E-state index in [0.717, 1.165) is 31.7 Å². The molecule has 0 saturated heterocycles. The van der Waals surface area contributed by atoms with Crippen LogP contribution < -0.4 is 11.1 Å². The summed E-state index contributed by atoms with van der Waals surface area (Å²) in [6.45, 7) is 0.154. The molecule has 1 aliphatic rings. The average Bonchev–Trinajstić information content (AvgIpc) is 2.60. The lowest BCUT2D eigenvalue weighted by molar-refractivity contribution is -0.141. The summed E-state index contributed by atoms with van der Waals surface area (Å²) < 4.78 is 37.9. The van der Waals surface area contributed by atoms with E-state index in [1.165, 1.54) is 0 Å². The third kappa shape index (κ3) is 4.45. The monoisotopic (exact) mass is 304 g/mol. The van der Waals surface area contributed by atoms with Crippen molar-refractivity contribution >= 4 is 11.8 Å². The Kier molecular flexibility index (Phi) is 4.55. The second kappa shape index (κ2) is 6.05. The molecule has 0 atom stereocenters. The first kappa shape index (κ1) is 15.8. The number of hydrogen-bond acceptors (Lipinski definition) is 5. The summed E-state index contributed by atoms with van der Waals surface area (Å²) in [5.41, 5.74) is 3.30. The lowest BCUT2D eigenvalue weighted by Gasteiger charge is -2.27. The second-order valence-corrected chi connectivity index (χ2v) is 5.49. The van der Waals surface area contributed by atoms with Crippen molar-refractivity contribution < 1.29 is 18.3 Å². The van der Waals surface area contributed by atoms with Gasteiger partial charge in [0.15, 0.2) is 5.69 Å². The van der Waals surface area contributed by atoms with Gasteiger partial charge in [0.2, 0.25) is 5.95 Å². The van der Waals surface area contributed by atoms with E-state index < -0.39 is 23.4 Å². The van der Waals surface area contributed by atoms with Crippen LogP contribution in [0.4, 0.5) is 24.9 Å². The Hall–Kier alpha value is -1.57. The molecule has 1 aromatic rings. The standard InChI is InChI=1S/C13H19F3N4O/c14-13(15,16)9-7-10(20-11(17)19-9)18-8-12(21)5-3-1-2-4-6-12/h7,21H,1-6,8H2,(H3,17,18,19,20). The molecular formula is C13H19F3N4O. The third-order valence-corrected chi connectivity index (χ3v) is 3.67. The van der Waals surface area contributed by atoms with E-state index in [1.807, 2.05) is 0 Å². The molecule has 5 nitrogen and oxygen atoms in total. The summed E-state index contributed by atoms with van der Waals surface area (Å²) in [5, 5.41) is 13.2. The largest absolute Gasteiger partial charge is 0.433 e. The number of nitrogens with two attached hydrogens (primary N) is 1. The maximum Gasteiger partial charge on any atom is 0.433 e. The van der Waals surface area contributed by atoms with Crippen molar-refractivity contribution in [2.75, 3.05) is 17.6 Å². The van der Waals surface area contributed by atoms with Crippen molar-refractivity contribution in [1.29, 1.82) is 0 Å². The highest BCUT2D eigenvalue weighted by Gasteiger charge is 2.34. The highest BCUT2D eigenvalue weighted by molar-refractivity contribution is 5.41. The van der Waals surface area contributed by atoms with Gasteiger partial charge >= 0.3 is 6.18 Å².